The molecule has 0 bridgehead atoms. The summed E-state index contributed by atoms with van der Waals surface area (Å²) in [5.41, 5.74) is 2.20. The lowest BCUT2D eigenvalue weighted by Crippen LogP contribution is -2.41. The third-order valence-electron chi connectivity index (χ3n) is 3.38. The molecule has 20 heavy (non-hydrogen) atoms. The van der Waals surface area contributed by atoms with Crippen LogP contribution in [-0.2, 0) is 17.2 Å². The number of para-hydroxylation sites is 1. The molecule has 1 N–H and O–H groups in total. The molecule has 0 fully saturated rings. The van der Waals surface area contributed by atoms with Crippen molar-refractivity contribution < 1.29 is 9.00 Å². The van der Waals surface area contributed by atoms with E-state index in [-0.39, 0.29) is 10.8 Å². The maximum absolute atomic E-state index is 12.2. The third-order valence-corrected chi connectivity index (χ3v) is 5.32. The van der Waals surface area contributed by atoms with Crippen molar-refractivity contribution in [3.05, 3.63) is 29.8 Å². The molecular formula is C15H22N2O2S. The Morgan fingerprint density at radius 3 is 2.75 bits per heavy atom. The predicted molar refractivity (Wildman–Crippen MR) is 83.7 cm³/mol. The summed E-state index contributed by atoms with van der Waals surface area (Å²) in [6.07, 6.45) is 0.900. The number of benzene rings is 1. The van der Waals surface area contributed by atoms with Crippen LogP contribution in [0.15, 0.2) is 24.3 Å². The summed E-state index contributed by atoms with van der Waals surface area (Å²) < 4.78 is 11.7. The highest BCUT2D eigenvalue weighted by atomic mass is 32.2. The minimum absolute atomic E-state index is 0.0964. The van der Waals surface area contributed by atoms with E-state index in [1.54, 1.807) is 4.90 Å². The van der Waals surface area contributed by atoms with E-state index < -0.39 is 10.8 Å². The molecule has 0 spiro atoms. The zero-order valence-electron chi connectivity index (χ0n) is 12.3. The van der Waals surface area contributed by atoms with E-state index in [1.165, 1.54) is 5.56 Å². The Kier molecular flexibility index (Phi) is 4.48. The fourth-order valence-corrected chi connectivity index (χ4v) is 3.10. The van der Waals surface area contributed by atoms with Crippen LogP contribution in [0.5, 0.6) is 0 Å². The lowest BCUT2D eigenvalue weighted by molar-refractivity contribution is 0.247. The van der Waals surface area contributed by atoms with Crippen molar-refractivity contribution in [2.24, 2.45) is 0 Å². The van der Waals surface area contributed by atoms with Crippen LogP contribution in [0.2, 0.25) is 0 Å². The smallest absolute Gasteiger partial charge is 0.321 e. The van der Waals surface area contributed by atoms with Gasteiger partial charge in [-0.1, -0.05) is 18.2 Å². The first-order valence-corrected chi connectivity index (χ1v) is 8.23. The van der Waals surface area contributed by atoms with Gasteiger partial charge in [0.15, 0.2) is 0 Å². The van der Waals surface area contributed by atoms with Crippen LogP contribution in [0, 0.1) is 0 Å². The second kappa shape index (κ2) is 5.95. The molecule has 2 rings (SSSR count). The van der Waals surface area contributed by atoms with Gasteiger partial charge in [-0.2, -0.15) is 0 Å². The van der Waals surface area contributed by atoms with Gasteiger partial charge in [0.2, 0.25) is 0 Å². The summed E-state index contributed by atoms with van der Waals surface area (Å²) in [4.78, 5) is 13.9. The van der Waals surface area contributed by atoms with E-state index in [0.29, 0.717) is 18.8 Å². The molecule has 1 heterocycles. The molecule has 1 aromatic carbocycles. The zero-order chi connectivity index (χ0) is 14.8. The number of hydrogen-bond acceptors (Lipinski definition) is 2. The highest BCUT2D eigenvalue weighted by molar-refractivity contribution is 7.86. The number of carbonyl (C=O) groups is 1. The van der Waals surface area contributed by atoms with Gasteiger partial charge in [0, 0.05) is 40.1 Å². The van der Waals surface area contributed by atoms with Gasteiger partial charge in [0.05, 0.1) is 0 Å². The number of hydrogen-bond donors (Lipinski definition) is 1. The maximum atomic E-state index is 12.2. The SMILES string of the molecule is CC(C)(C)S(=O)CCNC(=O)N1CCc2ccccc21. The van der Waals surface area contributed by atoms with Crippen molar-refractivity contribution in [1.82, 2.24) is 5.32 Å². The summed E-state index contributed by atoms with van der Waals surface area (Å²) in [6.45, 7) is 7.00. The minimum Gasteiger partial charge on any atom is -0.337 e. The molecule has 0 aliphatic carbocycles. The Hall–Kier alpha value is -1.36. The number of nitrogens with one attached hydrogen (secondary N) is 1. The Bertz CT molecular complexity index is 523. The second-order valence-electron chi connectivity index (χ2n) is 5.92. The van der Waals surface area contributed by atoms with Crippen molar-refractivity contribution in [2.75, 3.05) is 23.7 Å². The number of nitrogens with zero attached hydrogens (tertiary/aromatic N) is 1. The highest BCUT2D eigenvalue weighted by Gasteiger charge is 2.24. The number of anilines is 1. The molecule has 1 aromatic rings. The van der Waals surface area contributed by atoms with E-state index in [9.17, 15) is 9.00 Å². The van der Waals surface area contributed by atoms with Crippen molar-refractivity contribution >= 4 is 22.5 Å². The van der Waals surface area contributed by atoms with E-state index in [4.69, 9.17) is 0 Å². The van der Waals surface area contributed by atoms with Crippen LogP contribution in [0.25, 0.3) is 0 Å². The quantitative estimate of drug-likeness (QED) is 0.930. The summed E-state index contributed by atoms with van der Waals surface area (Å²) in [6, 6.07) is 7.86. The van der Waals surface area contributed by atoms with Gasteiger partial charge in [-0.15, -0.1) is 0 Å². The summed E-state index contributed by atoms with van der Waals surface area (Å²) in [5, 5.41) is 2.86. The Morgan fingerprint density at radius 2 is 2.05 bits per heavy atom. The molecule has 2 amide bonds. The molecule has 0 radical (unpaired) electrons. The van der Waals surface area contributed by atoms with Crippen LogP contribution < -0.4 is 10.2 Å². The van der Waals surface area contributed by atoms with Crippen LogP contribution in [0.3, 0.4) is 0 Å². The first-order valence-electron chi connectivity index (χ1n) is 6.91. The molecule has 1 atom stereocenters. The van der Waals surface area contributed by atoms with Gasteiger partial charge < -0.3 is 5.32 Å². The number of amides is 2. The zero-order valence-corrected chi connectivity index (χ0v) is 13.1. The van der Waals surface area contributed by atoms with Gasteiger partial charge in [-0.05, 0) is 38.8 Å². The second-order valence-corrected chi connectivity index (χ2v) is 8.25. The molecule has 0 aromatic heterocycles. The van der Waals surface area contributed by atoms with Crippen LogP contribution in [-0.4, -0.2) is 33.8 Å². The monoisotopic (exact) mass is 294 g/mol. The first-order chi connectivity index (χ1) is 9.39. The number of rotatable bonds is 3. The fourth-order valence-electron chi connectivity index (χ4n) is 2.20. The average molecular weight is 294 g/mol. The van der Waals surface area contributed by atoms with E-state index in [2.05, 4.69) is 11.4 Å². The molecule has 0 saturated carbocycles. The molecule has 1 aliphatic heterocycles. The third kappa shape index (κ3) is 3.39. The standard InChI is InChI=1S/C15H22N2O2S/c1-15(2,3)20(19)11-9-16-14(18)17-10-8-12-6-4-5-7-13(12)17/h4-7H,8-11H2,1-3H3,(H,16,18). The fraction of sp³-hybridized carbons (Fsp3) is 0.533. The molecule has 1 aliphatic rings. The van der Waals surface area contributed by atoms with Crippen molar-refractivity contribution in [2.45, 2.75) is 31.9 Å². The lowest BCUT2D eigenvalue weighted by Gasteiger charge is -2.20. The number of urea groups is 1. The van der Waals surface area contributed by atoms with Gasteiger partial charge in [-0.3, -0.25) is 9.11 Å². The Labute approximate surface area is 123 Å². The van der Waals surface area contributed by atoms with Crippen LogP contribution in [0.4, 0.5) is 10.5 Å². The molecule has 1 unspecified atom stereocenters. The molecule has 5 heteroatoms. The van der Waals surface area contributed by atoms with Gasteiger partial charge in [0.1, 0.15) is 0 Å². The largest absolute Gasteiger partial charge is 0.337 e. The summed E-state index contributed by atoms with van der Waals surface area (Å²) in [5.74, 6) is 0.491. The van der Waals surface area contributed by atoms with Crippen molar-refractivity contribution in [3.63, 3.8) is 0 Å². The lowest BCUT2D eigenvalue weighted by atomic mass is 10.2. The van der Waals surface area contributed by atoms with Gasteiger partial charge >= 0.3 is 6.03 Å². The maximum Gasteiger partial charge on any atom is 0.321 e. The normalized spacial score (nSPS) is 15.8. The van der Waals surface area contributed by atoms with Crippen molar-refractivity contribution in [1.29, 1.82) is 0 Å². The summed E-state index contributed by atoms with van der Waals surface area (Å²) >= 11 is 0. The van der Waals surface area contributed by atoms with Crippen LogP contribution >= 0.6 is 0 Å². The van der Waals surface area contributed by atoms with E-state index >= 15 is 0 Å². The predicted octanol–water partition coefficient (Wildman–Crippen LogP) is 2.31. The highest BCUT2D eigenvalue weighted by Crippen LogP contribution is 2.27. The van der Waals surface area contributed by atoms with E-state index in [0.717, 1.165) is 12.1 Å². The van der Waals surface area contributed by atoms with Gasteiger partial charge in [-0.25, -0.2) is 4.79 Å². The molecule has 0 saturated heterocycles. The van der Waals surface area contributed by atoms with Gasteiger partial charge in [0.25, 0.3) is 0 Å². The summed E-state index contributed by atoms with van der Waals surface area (Å²) in [7, 11) is -0.934. The number of fused-ring (bicyclic) bond motifs is 1. The minimum atomic E-state index is -0.934. The number of carbonyl (C=O) groups excluding carboxylic acids is 1. The van der Waals surface area contributed by atoms with E-state index in [1.807, 2.05) is 39.0 Å². The molecular weight excluding hydrogens is 272 g/mol. The molecule has 4 nitrogen and oxygen atoms in total. The topological polar surface area (TPSA) is 49.4 Å². The average Bonchev–Trinajstić information content (AvgIpc) is 2.81. The Morgan fingerprint density at radius 1 is 1.35 bits per heavy atom. The Balaban J connectivity index is 1.87. The molecule has 110 valence electrons. The van der Waals surface area contributed by atoms with Crippen LogP contribution in [0.1, 0.15) is 26.3 Å². The van der Waals surface area contributed by atoms with Crippen molar-refractivity contribution in [3.8, 4) is 0 Å². The first kappa shape index (κ1) is 15.0.